The first kappa shape index (κ1) is 25.4. The summed E-state index contributed by atoms with van der Waals surface area (Å²) in [6.45, 7) is 7.34. The van der Waals surface area contributed by atoms with Gasteiger partial charge >= 0.3 is 0 Å². The van der Waals surface area contributed by atoms with Crippen LogP contribution in [0.15, 0.2) is 96.0 Å². The van der Waals surface area contributed by atoms with E-state index in [0.29, 0.717) is 24.3 Å². The van der Waals surface area contributed by atoms with E-state index in [9.17, 15) is 4.79 Å². The number of rotatable bonds is 8. The second-order valence-corrected chi connectivity index (χ2v) is 11.1. The molecule has 4 heteroatoms. The van der Waals surface area contributed by atoms with E-state index < -0.39 is 11.8 Å². The van der Waals surface area contributed by atoms with Gasteiger partial charge in [0.25, 0.3) is 5.91 Å². The van der Waals surface area contributed by atoms with Crippen molar-refractivity contribution >= 4 is 12.1 Å². The first-order chi connectivity index (χ1) is 18.0. The number of β-lactam (4-membered cyclic amide) rings is 1. The summed E-state index contributed by atoms with van der Waals surface area (Å²) in [4.78, 5) is 21.0. The zero-order valence-electron chi connectivity index (χ0n) is 22.2. The van der Waals surface area contributed by atoms with Crippen LogP contribution in [0.5, 0.6) is 0 Å². The van der Waals surface area contributed by atoms with Crippen LogP contribution >= 0.6 is 0 Å². The fourth-order valence-corrected chi connectivity index (χ4v) is 6.04. The van der Waals surface area contributed by atoms with Crippen LogP contribution in [0.2, 0.25) is 0 Å². The van der Waals surface area contributed by atoms with Crippen molar-refractivity contribution in [1.29, 1.82) is 0 Å². The molecule has 0 unspecified atom stereocenters. The molecule has 192 valence electrons. The van der Waals surface area contributed by atoms with Crippen LogP contribution in [0.4, 0.5) is 0 Å². The van der Waals surface area contributed by atoms with E-state index in [2.05, 4.69) is 45.0 Å². The van der Waals surface area contributed by atoms with E-state index in [-0.39, 0.29) is 12.0 Å². The number of hydrogen-bond donors (Lipinski definition) is 0. The lowest BCUT2D eigenvalue weighted by molar-refractivity contribution is -0.216. The fourth-order valence-electron chi connectivity index (χ4n) is 6.04. The third-order valence-corrected chi connectivity index (χ3v) is 8.13. The Morgan fingerprint density at radius 1 is 0.946 bits per heavy atom. The first-order valence-corrected chi connectivity index (χ1v) is 13.7. The van der Waals surface area contributed by atoms with Crippen LogP contribution in [0.25, 0.3) is 0 Å². The third kappa shape index (κ3) is 5.13. The van der Waals surface area contributed by atoms with Gasteiger partial charge in [-0.2, -0.15) is 0 Å². The Bertz CT molecular complexity index is 1190. The predicted octanol–water partition coefficient (Wildman–Crippen LogP) is 6.85. The summed E-state index contributed by atoms with van der Waals surface area (Å²) in [6.07, 6.45) is 4.64. The highest BCUT2D eigenvalue weighted by molar-refractivity contribution is 5.92. The van der Waals surface area contributed by atoms with Crippen LogP contribution in [0, 0.1) is 17.8 Å². The van der Waals surface area contributed by atoms with Gasteiger partial charge in [-0.25, -0.2) is 0 Å². The van der Waals surface area contributed by atoms with Gasteiger partial charge in [0.2, 0.25) is 0 Å². The predicted molar refractivity (Wildman–Crippen MR) is 149 cm³/mol. The van der Waals surface area contributed by atoms with Crippen LogP contribution < -0.4 is 0 Å². The molecule has 3 aromatic rings. The van der Waals surface area contributed by atoms with Gasteiger partial charge in [-0.3, -0.25) is 9.79 Å². The molecule has 1 heterocycles. The summed E-state index contributed by atoms with van der Waals surface area (Å²) in [7, 11) is 0. The molecule has 3 aromatic carbocycles. The minimum atomic E-state index is -0.924. The van der Waals surface area contributed by atoms with Gasteiger partial charge < -0.3 is 9.64 Å². The minimum absolute atomic E-state index is 0.0126. The number of hydrogen-bond acceptors (Lipinski definition) is 3. The largest absolute Gasteiger partial charge is 0.360 e. The highest BCUT2D eigenvalue weighted by atomic mass is 16.5. The second kappa shape index (κ2) is 11.0. The van der Waals surface area contributed by atoms with Crippen molar-refractivity contribution in [2.24, 2.45) is 22.7 Å². The second-order valence-electron chi connectivity index (χ2n) is 11.1. The molecule has 37 heavy (non-hydrogen) atoms. The van der Waals surface area contributed by atoms with Crippen molar-refractivity contribution in [3.05, 3.63) is 108 Å². The molecule has 0 N–H and O–H groups in total. The normalized spacial score (nSPS) is 28.0. The number of benzene rings is 3. The number of nitrogens with zero attached hydrogens (tertiary/aromatic N) is 2. The Balaban J connectivity index is 1.58. The van der Waals surface area contributed by atoms with Crippen molar-refractivity contribution in [3.8, 4) is 0 Å². The van der Waals surface area contributed by atoms with E-state index in [4.69, 9.17) is 9.73 Å². The van der Waals surface area contributed by atoms with Crippen LogP contribution in [0.3, 0.4) is 0 Å². The maximum Gasteiger partial charge on any atom is 0.259 e. The van der Waals surface area contributed by atoms with Crippen molar-refractivity contribution in [2.75, 3.05) is 0 Å². The number of carbonyl (C=O) groups is 1. The third-order valence-electron chi connectivity index (χ3n) is 8.13. The molecular weight excluding hydrogens is 456 g/mol. The van der Waals surface area contributed by atoms with E-state index in [1.54, 1.807) is 0 Å². The average Bonchev–Trinajstić information content (AvgIpc) is 2.93. The van der Waals surface area contributed by atoms with E-state index >= 15 is 0 Å². The average molecular weight is 495 g/mol. The van der Waals surface area contributed by atoms with E-state index in [1.165, 1.54) is 6.42 Å². The molecule has 4 nitrogen and oxygen atoms in total. The fraction of sp³-hybridized carbons (Fsp3) is 0.394. The lowest BCUT2D eigenvalue weighted by atomic mass is 9.74. The first-order valence-electron chi connectivity index (χ1n) is 13.7. The molecule has 2 aliphatic rings. The smallest absolute Gasteiger partial charge is 0.259 e. The number of aliphatic imine (C=N–C) groups is 1. The number of amides is 1. The topological polar surface area (TPSA) is 41.9 Å². The Morgan fingerprint density at radius 2 is 1.57 bits per heavy atom. The van der Waals surface area contributed by atoms with Gasteiger partial charge in [-0.05, 0) is 41.7 Å². The zero-order chi connectivity index (χ0) is 25.8. The molecule has 2 fully saturated rings. The molecule has 1 aliphatic carbocycles. The summed E-state index contributed by atoms with van der Waals surface area (Å²) >= 11 is 0. The maximum absolute atomic E-state index is 13.9. The molecule has 1 amide bonds. The monoisotopic (exact) mass is 494 g/mol. The Hall–Kier alpha value is -3.24. The molecule has 5 rings (SSSR count). The zero-order valence-corrected chi connectivity index (χ0v) is 22.2. The van der Waals surface area contributed by atoms with Crippen molar-refractivity contribution in [3.63, 3.8) is 0 Å². The standard InChI is InChI=1S/C33H38N2O2/c1-24(2)29-20-19-25(3)21-30(29)37-31-32(36)35(23-27-15-9-5-10-16-27)33(31,28-17-11-6-12-18-28)34-22-26-13-7-4-8-14-26/h4-18,22,24-25,29-31H,19-21,23H2,1-3H3/b34-22+/t25-,29+,30-,31-,33+/m1/s1. The van der Waals surface area contributed by atoms with Gasteiger partial charge in [0.1, 0.15) is 0 Å². The molecule has 0 radical (unpaired) electrons. The lowest BCUT2D eigenvalue weighted by Crippen LogP contribution is -2.72. The Labute approximate surface area is 221 Å². The van der Waals surface area contributed by atoms with Crippen molar-refractivity contribution in [2.45, 2.75) is 64.4 Å². The van der Waals surface area contributed by atoms with E-state index in [1.807, 2.05) is 77.8 Å². The molecule has 0 bridgehead atoms. The summed E-state index contributed by atoms with van der Waals surface area (Å²) in [5.74, 6) is 1.55. The minimum Gasteiger partial charge on any atom is -0.360 e. The van der Waals surface area contributed by atoms with Crippen molar-refractivity contribution < 1.29 is 9.53 Å². The highest BCUT2D eigenvalue weighted by Crippen LogP contribution is 2.48. The van der Waals surface area contributed by atoms with Gasteiger partial charge in [-0.15, -0.1) is 0 Å². The van der Waals surface area contributed by atoms with Gasteiger partial charge in [-0.1, -0.05) is 118 Å². The molecule has 1 saturated carbocycles. The van der Waals surface area contributed by atoms with Gasteiger partial charge in [0, 0.05) is 18.3 Å². The summed E-state index contributed by atoms with van der Waals surface area (Å²) < 4.78 is 6.91. The Kier molecular flexibility index (Phi) is 7.57. The number of carbonyl (C=O) groups excluding carboxylic acids is 1. The maximum atomic E-state index is 13.9. The van der Waals surface area contributed by atoms with E-state index in [0.717, 1.165) is 29.5 Å². The lowest BCUT2D eigenvalue weighted by Gasteiger charge is -2.56. The summed E-state index contributed by atoms with van der Waals surface area (Å²) in [5.41, 5.74) is 2.14. The quantitative estimate of drug-likeness (QED) is 0.254. The molecule has 0 aromatic heterocycles. The molecule has 5 atom stereocenters. The summed E-state index contributed by atoms with van der Waals surface area (Å²) in [5, 5.41) is 0. The molecule has 0 spiro atoms. The summed E-state index contributed by atoms with van der Waals surface area (Å²) in [6, 6.07) is 30.5. The highest BCUT2D eigenvalue weighted by Gasteiger charge is 2.63. The van der Waals surface area contributed by atoms with Gasteiger partial charge in [0.05, 0.1) is 6.10 Å². The molecule has 1 saturated heterocycles. The van der Waals surface area contributed by atoms with Crippen molar-refractivity contribution in [1.82, 2.24) is 4.90 Å². The molecule has 1 aliphatic heterocycles. The van der Waals surface area contributed by atoms with Crippen LogP contribution in [-0.2, 0) is 21.7 Å². The molecular formula is C33H38N2O2. The number of likely N-dealkylation sites (tertiary alicyclic amines) is 1. The SMILES string of the molecule is CC(C)[C@@H]1CC[C@@H](C)C[C@H]1O[C@@H]1C(=O)N(Cc2ccccc2)[C@@]1(/N=C/c1ccccc1)c1ccccc1. The van der Waals surface area contributed by atoms with Crippen LogP contribution in [0.1, 0.15) is 56.7 Å². The Morgan fingerprint density at radius 3 is 2.22 bits per heavy atom. The number of ether oxygens (including phenoxy) is 1. The van der Waals surface area contributed by atoms with Gasteiger partial charge in [0.15, 0.2) is 11.8 Å². The van der Waals surface area contributed by atoms with Crippen LogP contribution in [-0.4, -0.2) is 29.2 Å².